The average molecular weight is 159 g/mol. The van der Waals surface area contributed by atoms with Crippen LogP contribution in [0.25, 0.3) is 11.8 Å². The Hall–Kier alpha value is -1.50. The predicted molar refractivity (Wildman–Crippen MR) is 53.6 cm³/mol. The zero-order valence-electron chi connectivity index (χ0n) is 7.25. The van der Waals surface area contributed by atoms with Crippen molar-refractivity contribution in [2.75, 3.05) is 0 Å². The minimum absolute atomic E-state index is 0.837. The molecule has 0 radical (unpaired) electrons. The molecule has 0 unspecified atom stereocenters. The standard InChI is InChI=1S/C11H13N/c1-3-6-10-7-4-5-8-11(10)9(2)12/h3-8H,1,12H2,2H3/b10-6-,11-9+. The molecule has 0 aliphatic carbocycles. The maximum absolute atomic E-state index is 5.71. The summed E-state index contributed by atoms with van der Waals surface area (Å²) >= 11 is 0. The molecule has 0 aromatic heterocycles. The van der Waals surface area contributed by atoms with Gasteiger partial charge in [0.05, 0.1) is 0 Å². The van der Waals surface area contributed by atoms with E-state index in [1.54, 1.807) is 6.08 Å². The number of hydrogen-bond donors (Lipinski definition) is 1. The van der Waals surface area contributed by atoms with Gasteiger partial charge in [0.25, 0.3) is 0 Å². The molecule has 0 atom stereocenters. The summed E-state index contributed by atoms with van der Waals surface area (Å²) < 4.78 is 0. The van der Waals surface area contributed by atoms with Gasteiger partial charge in [-0.15, -0.1) is 0 Å². The van der Waals surface area contributed by atoms with Crippen molar-refractivity contribution in [1.82, 2.24) is 0 Å². The van der Waals surface area contributed by atoms with E-state index in [9.17, 15) is 0 Å². The number of rotatable bonds is 1. The van der Waals surface area contributed by atoms with Gasteiger partial charge in [0, 0.05) is 10.9 Å². The first-order valence-electron chi connectivity index (χ1n) is 3.90. The van der Waals surface area contributed by atoms with Crippen LogP contribution in [0.2, 0.25) is 0 Å². The van der Waals surface area contributed by atoms with Gasteiger partial charge in [-0.2, -0.15) is 0 Å². The molecule has 0 fully saturated rings. The molecule has 1 nitrogen and oxygen atoms in total. The van der Waals surface area contributed by atoms with Crippen LogP contribution in [0.15, 0.2) is 36.9 Å². The molecule has 0 saturated carbocycles. The zero-order valence-corrected chi connectivity index (χ0v) is 7.25. The molecule has 0 saturated heterocycles. The molecule has 62 valence electrons. The molecule has 0 amide bonds. The molecule has 1 rings (SSSR count). The van der Waals surface area contributed by atoms with Crippen LogP contribution in [0.1, 0.15) is 6.92 Å². The van der Waals surface area contributed by atoms with Crippen molar-refractivity contribution in [3.8, 4) is 0 Å². The number of nitrogens with two attached hydrogens (primary N) is 1. The van der Waals surface area contributed by atoms with E-state index < -0.39 is 0 Å². The number of allylic oxidation sites excluding steroid dienone is 1. The fraction of sp³-hybridized carbons (Fsp3) is 0.0909. The molecule has 0 heterocycles. The summed E-state index contributed by atoms with van der Waals surface area (Å²) in [7, 11) is 0. The van der Waals surface area contributed by atoms with Crippen molar-refractivity contribution in [3.63, 3.8) is 0 Å². The van der Waals surface area contributed by atoms with E-state index in [2.05, 4.69) is 6.58 Å². The van der Waals surface area contributed by atoms with Gasteiger partial charge in [0.2, 0.25) is 0 Å². The number of benzene rings is 1. The topological polar surface area (TPSA) is 26.0 Å². The van der Waals surface area contributed by atoms with Gasteiger partial charge < -0.3 is 5.73 Å². The third kappa shape index (κ3) is 1.76. The molecule has 0 aliphatic heterocycles. The van der Waals surface area contributed by atoms with Crippen molar-refractivity contribution in [2.45, 2.75) is 6.92 Å². The summed E-state index contributed by atoms with van der Waals surface area (Å²) in [6, 6.07) is 7.99. The molecule has 1 heteroatoms. The summed E-state index contributed by atoms with van der Waals surface area (Å²) in [6.07, 6.45) is 3.72. The lowest BCUT2D eigenvalue weighted by molar-refractivity contribution is 1.40. The minimum Gasteiger partial charge on any atom is -0.402 e. The third-order valence-electron chi connectivity index (χ3n) is 1.68. The van der Waals surface area contributed by atoms with Crippen LogP contribution in [0, 0.1) is 0 Å². The van der Waals surface area contributed by atoms with Gasteiger partial charge in [-0.3, -0.25) is 0 Å². The first-order valence-corrected chi connectivity index (χ1v) is 3.90. The van der Waals surface area contributed by atoms with Gasteiger partial charge in [0.1, 0.15) is 0 Å². The van der Waals surface area contributed by atoms with Crippen LogP contribution in [0.5, 0.6) is 0 Å². The van der Waals surface area contributed by atoms with Crippen LogP contribution < -0.4 is 16.2 Å². The maximum atomic E-state index is 5.71. The van der Waals surface area contributed by atoms with Gasteiger partial charge in [0.15, 0.2) is 0 Å². The quantitative estimate of drug-likeness (QED) is 0.642. The maximum Gasteiger partial charge on any atom is 0.0128 e. The Morgan fingerprint density at radius 1 is 1.42 bits per heavy atom. The van der Waals surface area contributed by atoms with Gasteiger partial charge >= 0.3 is 0 Å². The number of hydrogen-bond acceptors (Lipinski definition) is 1. The second kappa shape index (κ2) is 3.77. The van der Waals surface area contributed by atoms with Crippen molar-refractivity contribution in [3.05, 3.63) is 47.4 Å². The lowest BCUT2D eigenvalue weighted by atomic mass is 10.2. The third-order valence-corrected chi connectivity index (χ3v) is 1.68. The predicted octanol–water partition coefficient (Wildman–Crippen LogP) is 0.740. The van der Waals surface area contributed by atoms with Crippen LogP contribution in [0.3, 0.4) is 0 Å². The van der Waals surface area contributed by atoms with Gasteiger partial charge in [-0.05, 0) is 12.1 Å². The smallest absolute Gasteiger partial charge is 0.0128 e. The van der Waals surface area contributed by atoms with E-state index >= 15 is 0 Å². The average Bonchev–Trinajstić information content (AvgIpc) is 2.05. The highest BCUT2D eigenvalue weighted by atomic mass is 14.5. The molecule has 0 aliphatic rings. The summed E-state index contributed by atoms with van der Waals surface area (Å²) in [5.41, 5.74) is 6.54. The first kappa shape index (κ1) is 8.60. The van der Waals surface area contributed by atoms with Crippen LogP contribution >= 0.6 is 0 Å². The zero-order chi connectivity index (χ0) is 8.97. The Balaban J connectivity index is 3.60. The van der Waals surface area contributed by atoms with Gasteiger partial charge in [-0.1, -0.05) is 43.0 Å². The Labute approximate surface area is 72.5 Å². The normalized spacial score (nSPS) is 14.2. The first-order chi connectivity index (χ1) is 5.75. The lowest BCUT2D eigenvalue weighted by Crippen LogP contribution is -2.27. The second-order valence-corrected chi connectivity index (χ2v) is 2.67. The van der Waals surface area contributed by atoms with Crippen LogP contribution in [-0.4, -0.2) is 0 Å². The minimum atomic E-state index is 0.837. The van der Waals surface area contributed by atoms with Crippen molar-refractivity contribution < 1.29 is 0 Å². The SMILES string of the molecule is C=C/C=c1/cccc/c1=C(/C)N. The van der Waals surface area contributed by atoms with Crippen molar-refractivity contribution in [2.24, 2.45) is 5.73 Å². The van der Waals surface area contributed by atoms with Gasteiger partial charge in [-0.25, -0.2) is 0 Å². The molecule has 1 aromatic carbocycles. The molecular formula is C11H13N. The molecule has 1 aromatic rings. The largest absolute Gasteiger partial charge is 0.402 e. The fourth-order valence-corrected chi connectivity index (χ4v) is 1.13. The summed E-state index contributed by atoms with van der Waals surface area (Å²) in [6.45, 7) is 5.55. The molecule has 0 bridgehead atoms. The van der Waals surface area contributed by atoms with E-state index in [4.69, 9.17) is 5.73 Å². The van der Waals surface area contributed by atoms with Crippen LogP contribution in [0.4, 0.5) is 0 Å². The molecular weight excluding hydrogens is 146 g/mol. The van der Waals surface area contributed by atoms with E-state index in [0.29, 0.717) is 0 Å². The van der Waals surface area contributed by atoms with E-state index in [1.165, 1.54) is 0 Å². The molecule has 0 spiro atoms. The highest BCUT2D eigenvalue weighted by Gasteiger charge is 1.84. The van der Waals surface area contributed by atoms with E-state index in [-0.39, 0.29) is 0 Å². The Kier molecular flexibility index (Phi) is 2.70. The monoisotopic (exact) mass is 159 g/mol. The van der Waals surface area contributed by atoms with E-state index in [0.717, 1.165) is 16.1 Å². The van der Waals surface area contributed by atoms with E-state index in [1.807, 2.05) is 37.3 Å². The molecule has 12 heavy (non-hydrogen) atoms. The Morgan fingerprint density at radius 3 is 2.67 bits per heavy atom. The Morgan fingerprint density at radius 2 is 2.08 bits per heavy atom. The molecule has 2 N–H and O–H groups in total. The highest BCUT2D eigenvalue weighted by Crippen LogP contribution is 1.76. The highest BCUT2D eigenvalue weighted by molar-refractivity contribution is 5.43. The summed E-state index contributed by atoms with van der Waals surface area (Å²) in [5.74, 6) is 0. The van der Waals surface area contributed by atoms with Crippen molar-refractivity contribution in [1.29, 1.82) is 0 Å². The Bertz CT molecular complexity index is 384. The lowest BCUT2D eigenvalue weighted by Gasteiger charge is -1.92. The van der Waals surface area contributed by atoms with Crippen molar-refractivity contribution >= 4 is 11.8 Å². The second-order valence-electron chi connectivity index (χ2n) is 2.67. The summed E-state index contributed by atoms with van der Waals surface area (Å²) in [4.78, 5) is 0. The fourth-order valence-electron chi connectivity index (χ4n) is 1.13. The summed E-state index contributed by atoms with van der Waals surface area (Å²) in [5, 5.41) is 2.20. The van der Waals surface area contributed by atoms with Crippen LogP contribution in [-0.2, 0) is 0 Å².